The summed E-state index contributed by atoms with van der Waals surface area (Å²) in [5.74, 6) is 0.750. The number of carbonyl (C=O) groups excluding carboxylic acids is 1. The number of ether oxygens (including phenoxy) is 2. The molecule has 2 unspecified atom stereocenters. The van der Waals surface area contributed by atoms with E-state index in [1.165, 1.54) is 45.5 Å². The summed E-state index contributed by atoms with van der Waals surface area (Å²) in [6.45, 7) is 7.50. The van der Waals surface area contributed by atoms with Gasteiger partial charge in [0.05, 0.1) is 18.2 Å². The molecule has 0 amide bonds. The number of fused-ring (bicyclic) bond motifs is 4. The van der Waals surface area contributed by atoms with Crippen LogP contribution < -0.4 is 10.9 Å². The number of esters is 1. The molecule has 6 rings (SSSR count). The van der Waals surface area contributed by atoms with Crippen LogP contribution >= 0.6 is 0 Å². The Morgan fingerprint density at radius 2 is 1.97 bits per heavy atom. The summed E-state index contributed by atoms with van der Waals surface area (Å²) < 4.78 is 12.1. The van der Waals surface area contributed by atoms with E-state index in [9.17, 15) is 4.79 Å². The lowest BCUT2D eigenvalue weighted by atomic mass is 9.63. The summed E-state index contributed by atoms with van der Waals surface area (Å²) in [4.78, 5) is 12.7. The maximum Gasteiger partial charge on any atom is 0.313 e. The molecule has 0 saturated carbocycles. The van der Waals surface area contributed by atoms with Crippen LogP contribution in [0.15, 0.2) is 87.0 Å². The van der Waals surface area contributed by atoms with Crippen molar-refractivity contribution in [3.63, 3.8) is 0 Å². The van der Waals surface area contributed by atoms with Crippen LogP contribution in [0.2, 0.25) is 0 Å². The second kappa shape index (κ2) is 9.02. The van der Waals surface area contributed by atoms with Crippen LogP contribution in [0, 0.1) is 11.3 Å². The minimum Gasteiger partial charge on any atom is -0.489 e. The van der Waals surface area contributed by atoms with Crippen molar-refractivity contribution in [2.24, 2.45) is 11.3 Å². The smallest absolute Gasteiger partial charge is 0.313 e. The van der Waals surface area contributed by atoms with Gasteiger partial charge in [-0.05, 0) is 81.6 Å². The number of hydrazine groups is 1. The summed E-state index contributed by atoms with van der Waals surface area (Å²) in [6, 6.07) is 10.4. The molecule has 4 aliphatic carbocycles. The Balaban J connectivity index is 1.42. The minimum atomic E-state index is -0.169. The van der Waals surface area contributed by atoms with E-state index in [4.69, 9.17) is 9.47 Å². The van der Waals surface area contributed by atoms with Gasteiger partial charge in [0.2, 0.25) is 0 Å². The molecule has 5 aliphatic rings. The first-order chi connectivity index (χ1) is 17.5. The lowest BCUT2D eigenvalue weighted by Gasteiger charge is -2.46. The SMILES string of the molecule is CCOC(=O)C1CCC2=C1C1=C(C2)C2=C(NN1)C1(C)CCCC(CC)=C1C(OCc1ccccc1)=C2. The normalized spacial score (nSPS) is 26.5. The maximum atomic E-state index is 12.7. The van der Waals surface area contributed by atoms with Gasteiger partial charge in [-0.2, -0.15) is 0 Å². The quantitative estimate of drug-likeness (QED) is 0.465. The van der Waals surface area contributed by atoms with Crippen molar-refractivity contribution in [2.75, 3.05) is 6.61 Å². The third kappa shape index (κ3) is 3.55. The van der Waals surface area contributed by atoms with Crippen molar-refractivity contribution in [1.29, 1.82) is 0 Å². The first-order valence-corrected chi connectivity index (χ1v) is 13.6. The summed E-state index contributed by atoms with van der Waals surface area (Å²) >= 11 is 0. The highest BCUT2D eigenvalue weighted by Crippen LogP contribution is 2.57. The van der Waals surface area contributed by atoms with Crippen LogP contribution in [0.4, 0.5) is 0 Å². The van der Waals surface area contributed by atoms with E-state index in [0.717, 1.165) is 55.6 Å². The van der Waals surface area contributed by atoms with E-state index in [2.05, 4.69) is 55.0 Å². The molecule has 1 heterocycles. The maximum absolute atomic E-state index is 12.7. The molecule has 1 aromatic rings. The van der Waals surface area contributed by atoms with Crippen LogP contribution in [-0.4, -0.2) is 12.6 Å². The Morgan fingerprint density at radius 1 is 1.14 bits per heavy atom. The Morgan fingerprint density at radius 3 is 2.75 bits per heavy atom. The number of rotatable bonds is 6. The molecule has 36 heavy (non-hydrogen) atoms. The van der Waals surface area contributed by atoms with Gasteiger partial charge in [0.1, 0.15) is 12.4 Å². The third-order valence-electron chi connectivity index (χ3n) is 8.70. The first-order valence-electron chi connectivity index (χ1n) is 13.6. The fraction of sp³-hybridized carbons (Fsp3) is 0.452. The number of benzene rings is 1. The monoisotopic (exact) mass is 484 g/mol. The second-order valence-corrected chi connectivity index (χ2v) is 10.7. The Kier molecular flexibility index (Phi) is 5.82. The average molecular weight is 485 g/mol. The highest BCUT2D eigenvalue weighted by atomic mass is 16.5. The highest BCUT2D eigenvalue weighted by Gasteiger charge is 2.48. The van der Waals surface area contributed by atoms with Gasteiger partial charge >= 0.3 is 5.97 Å². The van der Waals surface area contributed by atoms with Gasteiger partial charge in [0.25, 0.3) is 0 Å². The molecule has 0 spiro atoms. The van der Waals surface area contributed by atoms with Crippen LogP contribution in [-0.2, 0) is 20.9 Å². The summed E-state index contributed by atoms with van der Waals surface area (Å²) in [6.07, 6.45) is 9.42. The van der Waals surface area contributed by atoms with Gasteiger partial charge in [-0.25, -0.2) is 0 Å². The Labute approximate surface area is 214 Å². The third-order valence-corrected chi connectivity index (χ3v) is 8.70. The molecule has 5 heteroatoms. The second-order valence-electron chi connectivity index (χ2n) is 10.7. The topological polar surface area (TPSA) is 59.6 Å². The molecule has 2 N–H and O–H groups in total. The van der Waals surface area contributed by atoms with Crippen molar-refractivity contribution < 1.29 is 14.3 Å². The van der Waals surface area contributed by atoms with E-state index < -0.39 is 0 Å². The molecular formula is C31H36N2O3. The molecule has 1 aromatic carbocycles. The van der Waals surface area contributed by atoms with E-state index in [0.29, 0.717) is 13.2 Å². The summed E-state index contributed by atoms with van der Waals surface area (Å²) in [5, 5.41) is 0. The molecule has 2 atom stereocenters. The summed E-state index contributed by atoms with van der Waals surface area (Å²) in [7, 11) is 0. The van der Waals surface area contributed by atoms with Gasteiger partial charge in [0, 0.05) is 22.3 Å². The predicted octanol–water partition coefficient (Wildman–Crippen LogP) is 6.29. The molecular weight excluding hydrogens is 448 g/mol. The fourth-order valence-corrected chi connectivity index (χ4v) is 7.03. The zero-order chi connectivity index (χ0) is 24.9. The number of allylic oxidation sites excluding steroid dienone is 8. The minimum absolute atomic E-state index is 0.0963. The molecule has 1 aliphatic heterocycles. The van der Waals surface area contributed by atoms with Crippen molar-refractivity contribution in [1.82, 2.24) is 10.9 Å². The Bertz CT molecular complexity index is 1260. The van der Waals surface area contributed by atoms with Gasteiger partial charge in [0.15, 0.2) is 0 Å². The van der Waals surface area contributed by atoms with Gasteiger partial charge in [-0.1, -0.05) is 48.4 Å². The molecule has 0 fully saturated rings. The van der Waals surface area contributed by atoms with Crippen LogP contribution in [0.1, 0.15) is 71.3 Å². The average Bonchev–Trinajstić information content (AvgIpc) is 3.47. The fourth-order valence-electron chi connectivity index (χ4n) is 7.03. The Hall–Kier alpha value is -3.21. The van der Waals surface area contributed by atoms with Crippen LogP contribution in [0.5, 0.6) is 0 Å². The van der Waals surface area contributed by atoms with Crippen molar-refractivity contribution in [3.05, 3.63) is 92.6 Å². The number of hydrogen-bond acceptors (Lipinski definition) is 5. The van der Waals surface area contributed by atoms with Crippen LogP contribution in [0.25, 0.3) is 0 Å². The highest BCUT2D eigenvalue weighted by molar-refractivity contribution is 5.81. The zero-order valence-corrected chi connectivity index (χ0v) is 21.6. The predicted molar refractivity (Wildman–Crippen MR) is 140 cm³/mol. The van der Waals surface area contributed by atoms with E-state index >= 15 is 0 Å². The van der Waals surface area contributed by atoms with Gasteiger partial charge < -0.3 is 20.3 Å². The van der Waals surface area contributed by atoms with E-state index in [1.54, 1.807) is 0 Å². The molecule has 0 bridgehead atoms. The molecule has 188 valence electrons. The number of hydrogen-bond donors (Lipinski definition) is 2. The van der Waals surface area contributed by atoms with Crippen molar-refractivity contribution >= 4 is 5.97 Å². The largest absolute Gasteiger partial charge is 0.489 e. The first kappa shape index (κ1) is 23.2. The van der Waals surface area contributed by atoms with Crippen molar-refractivity contribution in [2.45, 2.75) is 72.3 Å². The van der Waals surface area contributed by atoms with Gasteiger partial charge in [-0.15, -0.1) is 0 Å². The van der Waals surface area contributed by atoms with Gasteiger partial charge in [-0.3, -0.25) is 4.79 Å². The molecule has 0 radical (unpaired) electrons. The molecule has 0 aromatic heterocycles. The molecule has 0 saturated heterocycles. The number of carbonyl (C=O) groups is 1. The lowest BCUT2D eigenvalue weighted by molar-refractivity contribution is -0.146. The number of nitrogens with one attached hydrogen (secondary N) is 2. The molecule has 5 nitrogen and oxygen atoms in total. The van der Waals surface area contributed by atoms with Crippen LogP contribution in [0.3, 0.4) is 0 Å². The lowest BCUT2D eigenvalue weighted by Crippen LogP contribution is -2.46. The van der Waals surface area contributed by atoms with E-state index in [-0.39, 0.29) is 17.3 Å². The standard InChI is InChI=1S/C31H36N2O3/c1-4-20-12-9-15-31(3)27(20)25(36-18-19-10-7-6-8-11-19)17-24-23-16-21-13-14-22(30(34)35-5-2)26(21)28(23)32-33-29(24)31/h6-8,10-11,17,22,32-33H,4-5,9,12-16,18H2,1-3H3. The van der Waals surface area contributed by atoms with Crippen molar-refractivity contribution in [3.8, 4) is 0 Å². The van der Waals surface area contributed by atoms with E-state index in [1.807, 2.05) is 13.0 Å². The zero-order valence-electron chi connectivity index (χ0n) is 21.6. The summed E-state index contributed by atoms with van der Waals surface area (Å²) in [5.41, 5.74) is 18.5.